The van der Waals surface area contributed by atoms with Gasteiger partial charge < -0.3 is 10.1 Å². The SMILES string of the molecule is COC(C)CCC(=O)Nc1cc(C)[nH]n1. The van der Waals surface area contributed by atoms with Gasteiger partial charge in [-0.2, -0.15) is 5.10 Å². The van der Waals surface area contributed by atoms with Gasteiger partial charge in [0.15, 0.2) is 5.82 Å². The molecule has 84 valence electrons. The highest BCUT2D eigenvalue weighted by atomic mass is 16.5. The van der Waals surface area contributed by atoms with Gasteiger partial charge in [0.25, 0.3) is 0 Å². The molecule has 0 bridgehead atoms. The minimum Gasteiger partial charge on any atom is -0.382 e. The summed E-state index contributed by atoms with van der Waals surface area (Å²) in [5.41, 5.74) is 0.926. The number of rotatable bonds is 5. The van der Waals surface area contributed by atoms with Crippen LogP contribution in [0.5, 0.6) is 0 Å². The summed E-state index contributed by atoms with van der Waals surface area (Å²) < 4.78 is 5.05. The number of carbonyl (C=O) groups excluding carboxylic acids is 1. The van der Waals surface area contributed by atoms with Crippen molar-refractivity contribution in [1.29, 1.82) is 0 Å². The Balaban J connectivity index is 2.30. The molecule has 0 aliphatic rings. The Labute approximate surface area is 89.2 Å². The van der Waals surface area contributed by atoms with Crippen molar-refractivity contribution >= 4 is 11.7 Å². The third-order valence-electron chi connectivity index (χ3n) is 2.15. The average Bonchev–Trinajstić information content (AvgIpc) is 2.60. The van der Waals surface area contributed by atoms with Gasteiger partial charge in [-0.3, -0.25) is 9.89 Å². The summed E-state index contributed by atoms with van der Waals surface area (Å²) in [6, 6.07) is 1.79. The predicted octanol–water partition coefficient (Wildman–Crippen LogP) is 1.47. The summed E-state index contributed by atoms with van der Waals surface area (Å²) >= 11 is 0. The van der Waals surface area contributed by atoms with E-state index in [4.69, 9.17) is 4.74 Å². The molecule has 2 N–H and O–H groups in total. The minimum atomic E-state index is -0.0367. The van der Waals surface area contributed by atoms with E-state index in [1.165, 1.54) is 0 Å². The van der Waals surface area contributed by atoms with Crippen LogP contribution in [0.15, 0.2) is 6.07 Å². The molecule has 0 aliphatic heterocycles. The molecule has 0 saturated carbocycles. The lowest BCUT2D eigenvalue weighted by Gasteiger charge is -2.07. The zero-order valence-electron chi connectivity index (χ0n) is 9.33. The molecule has 1 aromatic rings. The molecule has 1 heterocycles. The van der Waals surface area contributed by atoms with Crippen molar-refractivity contribution in [2.45, 2.75) is 32.8 Å². The number of amides is 1. The van der Waals surface area contributed by atoms with Crippen LogP contribution in [-0.4, -0.2) is 29.3 Å². The van der Waals surface area contributed by atoms with Gasteiger partial charge in [-0.05, 0) is 20.3 Å². The number of carbonyl (C=O) groups is 1. The topological polar surface area (TPSA) is 67.0 Å². The maximum atomic E-state index is 11.4. The fourth-order valence-electron chi connectivity index (χ4n) is 1.14. The van der Waals surface area contributed by atoms with Crippen molar-refractivity contribution in [1.82, 2.24) is 10.2 Å². The quantitative estimate of drug-likeness (QED) is 0.775. The third-order valence-corrected chi connectivity index (χ3v) is 2.15. The standard InChI is InChI=1S/C10H17N3O2/c1-7-6-9(13-12-7)11-10(14)5-4-8(2)15-3/h6,8H,4-5H2,1-3H3,(H2,11,12,13,14). The minimum absolute atomic E-state index is 0.0367. The van der Waals surface area contributed by atoms with E-state index in [9.17, 15) is 4.79 Å². The van der Waals surface area contributed by atoms with Gasteiger partial charge in [-0.15, -0.1) is 0 Å². The molecule has 1 atom stereocenters. The van der Waals surface area contributed by atoms with E-state index in [1.807, 2.05) is 13.8 Å². The zero-order chi connectivity index (χ0) is 11.3. The number of hydrogen-bond donors (Lipinski definition) is 2. The number of nitrogens with zero attached hydrogens (tertiary/aromatic N) is 1. The Morgan fingerprint density at radius 3 is 3.00 bits per heavy atom. The first kappa shape index (κ1) is 11.7. The maximum Gasteiger partial charge on any atom is 0.225 e. The van der Waals surface area contributed by atoms with Crippen LogP contribution in [0.2, 0.25) is 0 Å². The Bertz CT molecular complexity index is 322. The van der Waals surface area contributed by atoms with Gasteiger partial charge >= 0.3 is 0 Å². The van der Waals surface area contributed by atoms with Crippen LogP contribution in [0.25, 0.3) is 0 Å². The maximum absolute atomic E-state index is 11.4. The molecule has 5 nitrogen and oxygen atoms in total. The van der Waals surface area contributed by atoms with E-state index in [0.29, 0.717) is 18.7 Å². The highest BCUT2D eigenvalue weighted by molar-refractivity contribution is 5.89. The fraction of sp³-hybridized carbons (Fsp3) is 0.600. The summed E-state index contributed by atoms with van der Waals surface area (Å²) in [6.45, 7) is 3.82. The van der Waals surface area contributed by atoms with Crippen molar-refractivity contribution in [2.24, 2.45) is 0 Å². The van der Waals surface area contributed by atoms with Crippen LogP contribution in [0.1, 0.15) is 25.5 Å². The number of methoxy groups -OCH3 is 1. The predicted molar refractivity (Wildman–Crippen MR) is 57.7 cm³/mol. The lowest BCUT2D eigenvalue weighted by molar-refractivity contribution is -0.116. The van der Waals surface area contributed by atoms with Crippen molar-refractivity contribution in [3.8, 4) is 0 Å². The second-order valence-electron chi connectivity index (χ2n) is 3.57. The Hall–Kier alpha value is -1.36. The average molecular weight is 211 g/mol. The van der Waals surface area contributed by atoms with Crippen LogP contribution in [0.4, 0.5) is 5.82 Å². The van der Waals surface area contributed by atoms with Gasteiger partial charge in [-0.25, -0.2) is 0 Å². The van der Waals surface area contributed by atoms with E-state index in [2.05, 4.69) is 15.5 Å². The van der Waals surface area contributed by atoms with Crippen molar-refractivity contribution in [3.63, 3.8) is 0 Å². The number of anilines is 1. The van der Waals surface area contributed by atoms with E-state index in [-0.39, 0.29) is 12.0 Å². The molecule has 1 amide bonds. The molecule has 0 saturated heterocycles. The van der Waals surface area contributed by atoms with Gasteiger partial charge in [0.2, 0.25) is 5.91 Å². The second kappa shape index (κ2) is 5.50. The molecule has 1 rings (SSSR count). The molecule has 15 heavy (non-hydrogen) atoms. The number of ether oxygens (including phenoxy) is 1. The van der Waals surface area contributed by atoms with Crippen LogP contribution in [0, 0.1) is 6.92 Å². The summed E-state index contributed by atoms with van der Waals surface area (Å²) in [6.07, 6.45) is 1.27. The van der Waals surface area contributed by atoms with E-state index < -0.39 is 0 Å². The van der Waals surface area contributed by atoms with E-state index in [1.54, 1.807) is 13.2 Å². The number of H-pyrrole nitrogens is 1. The number of aromatic amines is 1. The summed E-state index contributed by atoms with van der Waals surface area (Å²) in [5, 5.41) is 9.38. The van der Waals surface area contributed by atoms with E-state index in [0.717, 1.165) is 5.69 Å². The van der Waals surface area contributed by atoms with Crippen LogP contribution >= 0.6 is 0 Å². The molecular weight excluding hydrogens is 194 g/mol. The molecule has 5 heteroatoms. The monoisotopic (exact) mass is 211 g/mol. The van der Waals surface area contributed by atoms with Crippen molar-refractivity contribution in [2.75, 3.05) is 12.4 Å². The first-order chi connectivity index (χ1) is 7.11. The lowest BCUT2D eigenvalue weighted by Crippen LogP contribution is -2.15. The summed E-state index contributed by atoms with van der Waals surface area (Å²) in [7, 11) is 1.64. The second-order valence-corrected chi connectivity index (χ2v) is 3.57. The third kappa shape index (κ3) is 4.12. The van der Waals surface area contributed by atoms with Crippen LogP contribution in [-0.2, 0) is 9.53 Å². The molecule has 1 aromatic heterocycles. The first-order valence-electron chi connectivity index (χ1n) is 4.96. The number of hydrogen-bond acceptors (Lipinski definition) is 3. The first-order valence-corrected chi connectivity index (χ1v) is 4.96. The molecule has 0 aromatic carbocycles. The number of aromatic nitrogens is 2. The van der Waals surface area contributed by atoms with Gasteiger partial charge in [-0.1, -0.05) is 0 Å². The van der Waals surface area contributed by atoms with Crippen molar-refractivity contribution < 1.29 is 9.53 Å². The van der Waals surface area contributed by atoms with E-state index >= 15 is 0 Å². The summed E-state index contributed by atoms with van der Waals surface area (Å²) in [5.74, 6) is 0.535. The smallest absolute Gasteiger partial charge is 0.225 e. The van der Waals surface area contributed by atoms with Crippen molar-refractivity contribution in [3.05, 3.63) is 11.8 Å². The van der Waals surface area contributed by atoms with Gasteiger partial charge in [0.1, 0.15) is 0 Å². The molecular formula is C10H17N3O2. The van der Waals surface area contributed by atoms with Crippen LogP contribution in [0.3, 0.4) is 0 Å². The Morgan fingerprint density at radius 1 is 1.73 bits per heavy atom. The normalized spacial score (nSPS) is 12.5. The summed E-state index contributed by atoms with van der Waals surface area (Å²) in [4.78, 5) is 11.4. The Kier molecular flexibility index (Phi) is 4.30. The lowest BCUT2D eigenvalue weighted by atomic mass is 10.2. The van der Waals surface area contributed by atoms with Gasteiger partial charge in [0.05, 0.1) is 6.10 Å². The molecule has 0 radical (unpaired) electrons. The molecule has 0 fully saturated rings. The molecule has 1 unspecified atom stereocenters. The number of nitrogens with one attached hydrogen (secondary N) is 2. The zero-order valence-corrected chi connectivity index (χ0v) is 9.33. The highest BCUT2D eigenvalue weighted by Gasteiger charge is 2.07. The molecule has 0 spiro atoms. The van der Waals surface area contributed by atoms with Gasteiger partial charge in [0, 0.05) is 25.3 Å². The highest BCUT2D eigenvalue weighted by Crippen LogP contribution is 2.06. The molecule has 0 aliphatic carbocycles. The number of aryl methyl sites for hydroxylation is 1. The fourth-order valence-corrected chi connectivity index (χ4v) is 1.14. The van der Waals surface area contributed by atoms with Crippen LogP contribution < -0.4 is 5.32 Å². The largest absolute Gasteiger partial charge is 0.382 e. The Morgan fingerprint density at radius 2 is 2.47 bits per heavy atom.